The molecule has 1 aromatic carbocycles. The van der Waals surface area contributed by atoms with Crippen molar-refractivity contribution >= 4 is 34.0 Å². The van der Waals surface area contributed by atoms with Crippen LogP contribution >= 0.6 is 11.3 Å². The molecule has 0 unspecified atom stereocenters. The van der Waals surface area contributed by atoms with Crippen molar-refractivity contribution in [2.45, 2.75) is 6.42 Å². The maximum atomic E-state index is 12.1. The number of aromatic nitrogens is 1. The Balaban J connectivity index is 1.88. The van der Waals surface area contributed by atoms with Crippen molar-refractivity contribution in [1.82, 2.24) is 15.2 Å². The van der Waals surface area contributed by atoms with Gasteiger partial charge in [-0.25, -0.2) is 9.83 Å². The summed E-state index contributed by atoms with van der Waals surface area (Å²) in [5, 5.41) is 7.43. The van der Waals surface area contributed by atoms with Gasteiger partial charge in [-0.15, -0.1) is 11.3 Å². The molecule has 1 heterocycles. The summed E-state index contributed by atoms with van der Waals surface area (Å²) in [6.45, 7) is 8.37. The fourth-order valence-electron chi connectivity index (χ4n) is 1.98. The first-order valence-electron chi connectivity index (χ1n) is 7.67. The minimum Gasteiger partial charge on any atom is -0.351 e. The molecule has 0 aliphatic heterocycles. The number of amides is 2. The molecule has 130 valence electrons. The third-order valence-corrected chi connectivity index (χ3v) is 4.04. The van der Waals surface area contributed by atoms with Crippen LogP contribution in [-0.4, -0.2) is 48.9 Å². The minimum atomic E-state index is -0.330. The number of carbonyl (C=O) groups excluding carboxylic acids is 2. The fraction of sp³-hybridized carbons (Fsp3) is 0.294. The van der Waals surface area contributed by atoms with Crippen molar-refractivity contribution in [1.29, 1.82) is 0 Å². The predicted octanol–water partition coefficient (Wildman–Crippen LogP) is 2.63. The molecule has 0 atom stereocenters. The molecule has 2 aromatic rings. The van der Waals surface area contributed by atoms with Gasteiger partial charge < -0.3 is 10.2 Å². The van der Waals surface area contributed by atoms with Gasteiger partial charge in [-0.3, -0.25) is 14.9 Å². The second-order valence-electron chi connectivity index (χ2n) is 5.56. The fourth-order valence-corrected chi connectivity index (χ4v) is 2.67. The number of hydrogen-bond acceptors (Lipinski definition) is 5. The molecule has 0 bridgehead atoms. The Bertz CT molecular complexity index is 777. The minimum absolute atomic E-state index is 0.253. The number of benzene rings is 1. The predicted molar refractivity (Wildman–Crippen MR) is 98.3 cm³/mol. The van der Waals surface area contributed by atoms with Crippen molar-refractivity contribution < 1.29 is 9.59 Å². The Labute approximate surface area is 150 Å². The van der Waals surface area contributed by atoms with Gasteiger partial charge >= 0.3 is 0 Å². The van der Waals surface area contributed by atoms with Gasteiger partial charge in [0, 0.05) is 17.5 Å². The summed E-state index contributed by atoms with van der Waals surface area (Å²) in [7, 11) is 3.96. The Hall–Kier alpha value is -2.76. The Morgan fingerprint density at radius 3 is 2.60 bits per heavy atom. The van der Waals surface area contributed by atoms with Gasteiger partial charge in [0.05, 0.1) is 6.57 Å². The van der Waals surface area contributed by atoms with Crippen LogP contribution in [-0.2, 0) is 0 Å². The highest BCUT2D eigenvalue weighted by Crippen LogP contribution is 2.18. The molecule has 1 aromatic heterocycles. The van der Waals surface area contributed by atoms with E-state index in [-0.39, 0.29) is 17.5 Å². The van der Waals surface area contributed by atoms with Crippen LogP contribution in [0.3, 0.4) is 0 Å². The highest BCUT2D eigenvalue weighted by atomic mass is 32.1. The molecule has 2 amide bonds. The van der Waals surface area contributed by atoms with E-state index in [9.17, 15) is 9.59 Å². The SMILES string of the molecule is [C-]#[N+]c1ccc(C(=O)Nc2nc(C(=O)NCCCN(C)C)cs2)cc1. The molecule has 7 nitrogen and oxygen atoms in total. The van der Waals surface area contributed by atoms with Crippen LogP contribution in [0.2, 0.25) is 0 Å². The maximum absolute atomic E-state index is 12.1. The van der Waals surface area contributed by atoms with Gasteiger partial charge in [-0.05, 0) is 27.1 Å². The molecular formula is C17H19N5O2S. The summed E-state index contributed by atoms with van der Waals surface area (Å²) < 4.78 is 0. The van der Waals surface area contributed by atoms with E-state index in [4.69, 9.17) is 6.57 Å². The highest BCUT2D eigenvalue weighted by Gasteiger charge is 2.13. The average Bonchev–Trinajstić information content (AvgIpc) is 3.07. The molecule has 8 heteroatoms. The molecule has 0 saturated carbocycles. The van der Waals surface area contributed by atoms with E-state index in [1.54, 1.807) is 29.6 Å². The lowest BCUT2D eigenvalue weighted by Gasteiger charge is -2.09. The van der Waals surface area contributed by atoms with Gasteiger partial charge in [0.1, 0.15) is 5.69 Å². The third kappa shape index (κ3) is 5.67. The zero-order valence-electron chi connectivity index (χ0n) is 14.1. The first-order valence-corrected chi connectivity index (χ1v) is 8.55. The number of rotatable bonds is 7. The van der Waals surface area contributed by atoms with E-state index >= 15 is 0 Å². The molecule has 0 radical (unpaired) electrons. The van der Waals surface area contributed by atoms with Crippen LogP contribution < -0.4 is 10.6 Å². The quantitative estimate of drug-likeness (QED) is 0.590. The lowest BCUT2D eigenvalue weighted by Crippen LogP contribution is -2.27. The standard InChI is InChI=1S/C17H19N5O2S/c1-18-13-7-5-12(6-8-13)15(23)21-17-20-14(11-25-17)16(24)19-9-4-10-22(2)3/h5-8,11H,4,9-10H2,2-3H3,(H,19,24)(H,20,21,23). The van der Waals surface area contributed by atoms with Crippen LogP contribution in [0.25, 0.3) is 4.85 Å². The van der Waals surface area contributed by atoms with Crippen LogP contribution in [0, 0.1) is 6.57 Å². The van der Waals surface area contributed by atoms with Crippen molar-refractivity contribution in [3.63, 3.8) is 0 Å². The van der Waals surface area contributed by atoms with Crippen LogP contribution in [0.4, 0.5) is 10.8 Å². The molecule has 2 N–H and O–H groups in total. The zero-order chi connectivity index (χ0) is 18.2. The summed E-state index contributed by atoms with van der Waals surface area (Å²) in [5.41, 5.74) is 1.19. The number of hydrogen-bond donors (Lipinski definition) is 2. The van der Waals surface area contributed by atoms with Crippen molar-refractivity contribution in [3.8, 4) is 0 Å². The lowest BCUT2D eigenvalue weighted by atomic mass is 10.2. The Morgan fingerprint density at radius 1 is 1.24 bits per heavy atom. The first-order chi connectivity index (χ1) is 12.0. The number of nitrogens with one attached hydrogen (secondary N) is 2. The van der Waals surface area contributed by atoms with E-state index < -0.39 is 0 Å². The van der Waals surface area contributed by atoms with Crippen LogP contribution in [0.1, 0.15) is 27.3 Å². The monoisotopic (exact) mass is 357 g/mol. The number of anilines is 1. The van der Waals surface area contributed by atoms with E-state index in [2.05, 4.69) is 20.5 Å². The molecule has 0 spiro atoms. The van der Waals surface area contributed by atoms with Crippen LogP contribution in [0.5, 0.6) is 0 Å². The van der Waals surface area contributed by atoms with Gasteiger partial charge in [0.2, 0.25) is 0 Å². The second-order valence-corrected chi connectivity index (χ2v) is 6.42. The van der Waals surface area contributed by atoms with E-state index in [0.29, 0.717) is 22.9 Å². The largest absolute Gasteiger partial charge is 0.351 e. The number of thiazole rings is 1. The summed E-state index contributed by atoms with van der Waals surface area (Å²) in [6.07, 6.45) is 0.854. The van der Waals surface area contributed by atoms with Gasteiger partial charge in [-0.2, -0.15) is 0 Å². The molecule has 2 rings (SSSR count). The summed E-state index contributed by atoms with van der Waals surface area (Å²) in [5.74, 6) is -0.583. The lowest BCUT2D eigenvalue weighted by molar-refractivity contribution is 0.0946. The van der Waals surface area contributed by atoms with Gasteiger partial charge in [0.15, 0.2) is 10.8 Å². The Kier molecular flexibility index (Phi) is 6.62. The van der Waals surface area contributed by atoms with Gasteiger partial charge in [0.25, 0.3) is 11.8 Å². The molecular weight excluding hydrogens is 338 g/mol. The molecule has 0 fully saturated rings. The molecule has 0 aliphatic rings. The number of nitrogens with zero attached hydrogens (tertiary/aromatic N) is 3. The van der Waals surface area contributed by atoms with E-state index in [1.165, 1.54) is 11.3 Å². The first kappa shape index (κ1) is 18.6. The van der Waals surface area contributed by atoms with E-state index in [0.717, 1.165) is 13.0 Å². The average molecular weight is 357 g/mol. The normalized spacial score (nSPS) is 10.3. The smallest absolute Gasteiger partial charge is 0.270 e. The number of carbonyl (C=O) groups is 2. The van der Waals surface area contributed by atoms with Gasteiger partial charge in [-0.1, -0.05) is 24.3 Å². The van der Waals surface area contributed by atoms with Crippen molar-refractivity contribution in [2.75, 3.05) is 32.5 Å². The summed E-state index contributed by atoms with van der Waals surface area (Å²) >= 11 is 1.19. The Morgan fingerprint density at radius 2 is 1.96 bits per heavy atom. The highest BCUT2D eigenvalue weighted by molar-refractivity contribution is 7.14. The zero-order valence-corrected chi connectivity index (χ0v) is 14.9. The second kappa shape index (κ2) is 8.92. The van der Waals surface area contributed by atoms with Crippen molar-refractivity contribution in [3.05, 3.63) is 52.3 Å². The van der Waals surface area contributed by atoms with Crippen molar-refractivity contribution in [2.24, 2.45) is 0 Å². The van der Waals surface area contributed by atoms with E-state index in [1.807, 2.05) is 19.0 Å². The third-order valence-electron chi connectivity index (χ3n) is 3.28. The van der Waals surface area contributed by atoms with Crippen LogP contribution in [0.15, 0.2) is 29.6 Å². The molecule has 0 aliphatic carbocycles. The summed E-state index contributed by atoms with van der Waals surface area (Å²) in [6, 6.07) is 6.32. The molecule has 25 heavy (non-hydrogen) atoms. The maximum Gasteiger partial charge on any atom is 0.270 e. The molecule has 0 saturated heterocycles. The topological polar surface area (TPSA) is 78.7 Å². The summed E-state index contributed by atoms with van der Waals surface area (Å²) in [4.78, 5) is 33.6.